The zero-order valence-electron chi connectivity index (χ0n) is 12.2. The number of nitrogens with two attached hydrogens (primary N) is 1. The van der Waals surface area contributed by atoms with Crippen LogP contribution in [0.3, 0.4) is 0 Å². The summed E-state index contributed by atoms with van der Waals surface area (Å²) in [6.45, 7) is 11.9. The number of carbonyl (C=O) groups excluding carboxylic acids is 1. The van der Waals surface area contributed by atoms with Crippen molar-refractivity contribution in [2.24, 2.45) is 17.6 Å². The average Bonchev–Trinajstić information content (AvgIpc) is 2.40. The van der Waals surface area contributed by atoms with Crippen molar-refractivity contribution in [1.82, 2.24) is 9.80 Å². The second-order valence-corrected chi connectivity index (χ2v) is 5.48. The third-order valence-electron chi connectivity index (χ3n) is 3.99. The maximum absolute atomic E-state index is 12.2. The van der Waals surface area contributed by atoms with E-state index in [2.05, 4.69) is 25.7 Å². The Hall–Kier alpha value is -0.610. The third-order valence-corrected chi connectivity index (χ3v) is 3.99. The highest BCUT2D eigenvalue weighted by Gasteiger charge is 2.25. The van der Waals surface area contributed by atoms with Crippen LogP contribution in [-0.4, -0.2) is 55.0 Å². The number of hydrogen-bond donors (Lipinski definition) is 1. The van der Waals surface area contributed by atoms with E-state index in [9.17, 15) is 4.79 Å². The van der Waals surface area contributed by atoms with Gasteiger partial charge in [0.15, 0.2) is 0 Å². The molecule has 0 aliphatic carbocycles. The summed E-state index contributed by atoms with van der Waals surface area (Å²) in [6, 6.07) is 0. The van der Waals surface area contributed by atoms with Gasteiger partial charge >= 0.3 is 0 Å². The van der Waals surface area contributed by atoms with Crippen LogP contribution in [0, 0.1) is 11.8 Å². The summed E-state index contributed by atoms with van der Waals surface area (Å²) in [6.07, 6.45) is 1.92. The average molecular weight is 255 g/mol. The van der Waals surface area contributed by atoms with Gasteiger partial charge in [-0.1, -0.05) is 20.8 Å². The lowest BCUT2D eigenvalue weighted by molar-refractivity contribution is -0.137. The smallest absolute Gasteiger partial charge is 0.225 e. The van der Waals surface area contributed by atoms with Crippen LogP contribution in [0.25, 0.3) is 0 Å². The Labute approximate surface area is 111 Å². The van der Waals surface area contributed by atoms with Gasteiger partial charge in [0.05, 0.1) is 0 Å². The molecule has 2 N–H and O–H groups in total. The summed E-state index contributed by atoms with van der Waals surface area (Å²) in [5.41, 5.74) is 5.65. The Bertz CT molecular complexity index is 245. The van der Waals surface area contributed by atoms with E-state index in [0.717, 1.165) is 52.1 Å². The number of hydrogen-bond acceptors (Lipinski definition) is 3. The summed E-state index contributed by atoms with van der Waals surface area (Å²) in [5.74, 6) is 1.12. The first-order valence-corrected chi connectivity index (χ1v) is 7.33. The molecule has 0 radical (unpaired) electrons. The molecule has 0 aromatic heterocycles. The van der Waals surface area contributed by atoms with Gasteiger partial charge < -0.3 is 10.6 Å². The molecule has 1 unspecified atom stereocenters. The zero-order valence-corrected chi connectivity index (χ0v) is 12.2. The highest BCUT2D eigenvalue weighted by atomic mass is 16.2. The minimum atomic E-state index is 0.222. The summed E-state index contributed by atoms with van der Waals surface area (Å²) in [5, 5.41) is 0. The SMILES string of the molecule is CCC(CC)C(=O)N1CCN(CC(C)CN)CC1. The first-order chi connectivity index (χ1) is 8.62. The fourth-order valence-corrected chi connectivity index (χ4v) is 2.56. The van der Waals surface area contributed by atoms with Gasteiger partial charge in [0, 0.05) is 38.6 Å². The van der Waals surface area contributed by atoms with Gasteiger partial charge in [0.1, 0.15) is 0 Å². The fraction of sp³-hybridized carbons (Fsp3) is 0.929. The molecule has 18 heavy (non-hydrogen) atoms. The van der Waals surface area contributed by atoms with Gasteiger partial charge in [0.25, 0.3) is 0 Å². The molecule has 4 nitrogen and oxygen atoms in total. The first-order valence-electron chi connectivity index (χ1n) is 7.33. The molecule has 1 atom stereocenters. The van der Waals surface area contributed by atoms with Crippen molar-refractivity contribution in [2.45, 2.75) is 33.6 Å². The van der Waals surface area contributed by atoms with Crippen molar-refractivity contribution in [3.63, 3.8) is 0 Å². The lowest BCUT2D eigenvalue weighted by Crippen LogP contribution is -2.51. The van der Waals surface area contributed by atoms with Gasteiger partial charge in [-0.15, -0.1) is 0 Å². The van der Waals surface area contributed by atoms with Crippen molar-refractivity contribution in [1.29, 1.82) is 0 Å². The van der Waals surface area contributed by atoms with E-state index >= 15 is 0 Å². The van der Waals surface area contributed by atoms with E-state index < -0.39 is 0 Å². The molecule has 1 amide bonds. The van der Waals surface area contributed by atoms with Gasteiger partial charge in [-0.25, -0.2) is 0 Å². The maximum Gasteiger partial charge on any atom is 0.225 e. The fourth-order valence-electron chi connectivity index (χ4n) is 2.56. The standard InChI is InChI=1S/C14H29N3O/c1-4-13(5-2)14(18)17-8-6-16(7-9-17)11-12(3)10-15/h12-13H,4-11,15H2,1-3H3. The highest BCUT2D eigenvalue weighted by molar-refractivity contribution is 5.78. The number of piperazine rings is 1. The summed E-state index contributed by atoms with van der Waals surface area (Å²) in [4.78, 5) is 16.7. The van der Waals surface area contributed by atoms with Crippen LogP contribution in [0.5, 0.6) is 0 Å². The van der Waals surface area contributed by atoms with Crippen molar-refractivity contribution in [3.8, 4) is 0 Å². The Morgan fingerprint density at radius 1 is 1.17 bits per heavy atom. The van der Waals surface area contributed by atoms with E-state index in [4.69, 9.17) is 5.73 Å². The van der Waals surface area contributed by atoms with E-state index in [1.54, 1.807) is 0 Å². The summed E-state index contributed by atoms with van der Waals surface area (Å²) >= 11 is 0. The molecule has 0 aromatic carbocycles. The molecule has 0 aromatic rings. The maximum atomic E-state index is 12.2. The molecule has 106 valence electrons. The van der Waals surface area contributed by atoms with Gasteiger partial charge in [0.2, 0.25) is 5.91 Å². The molecule has 4 heteroatoms. The molecule has 1 fully saturated rings. The Morgan fingerprint density at radius 3 is 2.17 bits per heavy atom. The lowest BCUT2D eigenvalue weighted by Gasteiger charge is -2.37. The predicted octanol–water partition coefficient (Wildman–Crippen LogP) is 1.16. The summed E-state index contributed by atoms with van der Waals surface area (Å²) in [7, 11) is 0. The van der Waals surface area contributed by atoms with Crippen molar-refractivity contribution in [2.75, 3.05) is 39.3 Å². The van der Waals surface area contributed by atoms with Gasteiger partial charge in [-0.05, 0) is 25.3 Å². The molecule has 1 aliphatic heterocycles. The lowest BCUT2D eigenvalue weighted by atomic mass is 10.0. The van der Waals surface area contributed by atoms with Crippen LogP contribution in [0.4, 0.5) is 0 Å². The van der Waals surface area contributed by atoms with Crippen LogP contribution >= 0.6 is 0 Å². The second-order valence-electron chi connectivity index (χ2n) is 5.48. The largest absolute Gasteiger partial charge is 0.340 e. The van der Waals surface area contributed by atoms with Crippen molar-refractivity contribution >= 4 is 5.91 Å². The van der Waals surface area contributed by atoms with Crippen LogP contribution < -0.4 is 5.73 Å². The van der Waals surface area contributed by atoms with E-state index in [-0.39, 0.29) is 5.92 Å². The van der Waals surface area contributed by atoms with Crippen LogP contribution in [0.15, 0.2) is 0 Å². The number of nitrogens with zero attached hydrogens (tertiary/aromatic N) is 2. The van der Waals surface area contributed by atoms with Crippen molar-refractivity contribution < 1.29 is 4.79 Å². The topological polar surface area (TPSA) is 49.6 Å². The molecule has 1 saturated heterocycles. The normalized spacial score (nSPS) is 19.3. The molecule has 0 spiro atoms. The Kier molecular flexibility index (Phi) is 6.65. The molecule has 0 saturated carbocycles. The number of amides is 1. The van der Waals surface area contributed by atoms with Crippen LogP contribution in [0.2, 0.25) is 0 Å². The number of carbonyl (C=O) groups is 1. The molecule has 0 bridgehead atoms. The molecule has 1 rings (SSSR count). The second kappa shape index (κ2) is 7.74. The molecule has 1 aliphatic rings. The van der Waals surface area contributed by atoms with E-state index in [0.29, 0.717) is 11.8 Å². The first kappa shape index (κ1) is 15.4. The van der Waals surface area contributed by atoms with Gasteiger partial charge in [-0.2, -0.15) is 0 Å². The van der Waals surface area contributed by atoms with E-state index in [1.165, 1.54) is 0 Å². The third kappa shape index (κ3) is 4.25. The molecular formula is C14H29N3O. The minimum absolute atomic E-state index is 0.222. The molecule has 1 heterocycles. The predicted molar refractivity (Wildman–Crippen MR) is 75.3 cm³/mol. The van der Waals surface area contributed by atoms with Crippen molar-refractivity contribution in [3.05, 3.63) is 0 Å². The quantitative estimate of drug-likeness (QED) is 0.775. The van der Waals surface area contributed by atoms with Crippen LogP contribution in [0.1, 0.15) is 33.6 Å². The minimum Gasteiger partial charge on any atom is -0.340 e. The van der Waals surface area contributed by atoms with Gasteiger partial charge in [-0.3, -0.25) is 9.69 Å². The Morgan fingerprint density at radius 2 is 1.72 bits per heavy atom. The Balaban J connectivity index is 2.36. The van der Waals surface area contributed by atoms with Crippen LogP contribution in [-0.2, 0) is 4.79 Å². The van der Waals surface area contributed by atoms with E-state index in [1.807, 2.05) is 4.90 Å². The number of rotatable bonds is 6. The molecular weight excluding hydrogens is 226 g/mol. The monoisotopic (exact) mass is 255 g/mol. The zero-order chi connectivity index (χ0) is 13.5. The highest BCUT2D eigenvalue weighted by Crippen LogP contribution is 2.14. The summed E-state index contributed by atoms with van der Waals surface area (Å²) < 4.78 is 0.